The van der Waals surface area contributed by atoms with E-state index < -0.39 is 0 Å². The Labute approximate surface area is 105 Å². The highest BCUT2D eigenvalue weighted by atomic mass is 16.5. The molecule has 0 saturated carbocycles. The zero-order valence-electron chi connectivity index (χ0n) is 10.1. The molecule has 0 aliphatic carbocycles. The maximum absolute atomic E-state index is 5.72. The normalized spacial score (nSPS) is 10.7. The van der Waals surface area contributed by atoms with Gasteiger partial charge in [0.05, 0.1) is 18.0 Å². The van der Waals surface area contributed by atoms with Crippen LogP contribution < -0.4 is 4.74 Å². The van der Waals surface area contributed by atoms with Gasteiger partial charge in [-0.1, -0.05) is 30.3 Å². The molecule has 0 bridgehead atoms. The smallest absolute Gasteiger partial charge is 0.177 e. The van der Waals surface area contributed by atoms with Crippen LogP contribution in [0.3, 0.4) is 0 Å². The molecule has 0 aliphatic rings. The molecule has 18 heavy (non-hydrogen) atoms. The fourth-order valence-corrected chi connectivity index (χ4v) is 1.81. The van der Waals surface area contributed by atoms with Gasteiger partial charge in [-0.25, -0.2) is 9.97 Å². The van der Waals surface area contributed by atoms with Crippen molar-refractivity contribution >= 4 is 11.2 Å². The predicted octanol–water partition coefficient (Wildman–Crippen LogP) is 2.55. The van der Waals surface area contributed by atoms with E-state index in [1.807, 2.05) is 48.0 Å². The van der Waals surface area contributed by atoms with Crippen LogP contribution in [0.25, 0.3) is 11.2 Å². The van der Waals surface area contributed by atoms with Crippen molar-refractivity contribution in [1.82, 2.24) is 14.5 Å². The first-order valence-electron chi connectivity index (χ1n) is 5.77. The summed E-state index contributed by atoms with van der Waals surface area (Å²) in [5, 5.41) is 0. The monoisotopic (exact) mass is 239 g/mol. The van der Waals surface area contributed by atoms with Crippen LogP contribution in [0.2, 0.25) is 0 Å². The number of hydrogen-bond acceptors (Lipinski definition) is 3. The molecule has 2 aromatic heterocycles. The van der Waals surface area contributed by atoms with Crippen molar-refractivity contribution in [2.24, 2.45) is 7.05 Å². The van der Waals surface area contributed by atoms with E-state index in [-0.39, 0.29) is 0 Å². The first-order chi connectivity index (χ1) is 8.83. The molecular formula is C14H13N3O. The molecule has 0 amide bonds. The number of aromatic nitrogens is 3. The van der Waals surface area contributed by atoms with E-state index in [1.165, 1.54) is 0 Å². The second kappa shape index (κ2) is 4.49. The van der Waals surface area contributed by atoms with Crippen molar-refractivity contribution in [1.29, 1.82) is 0 Å². The number of ether oxygens (including phenoxy) is 1. The maximum atomic E-state index is 5.72. The number of pyridine rings is 1. The summed E-state index contributed by atoms with van der Waals surface area (Å²) in [4.78, 5) is 8.43. The quantitative estimate of drug-likeness (QED) is 0.705. The minimum Gasteiger partial charge on any atom is -0.487 e. The summed E-state index contributed by atoms with van der Waals surface area (Å²) >= 11 is 0. The molecule has 2 heterocycles. The fourth-order valence-electron chi connectivity index (χ4n) is 1.81. The molecule has 4 nitrogen and oxygen atoms in total. The third-order valence-corrected chi connectivity index (χ3v) is 2.80. The number of nitrogens with zero attached hydrogens (tertiary/aromatic N) is 3. The first-order valence-corrected chi connectivity index (χ1v) is 5.77. The van der Waals surface area contributed by atoms with Crippen LogP contribution in [0.15, 0.2) is 48.9 Å². The van der Waals surface area contributed by atoms with Crippen molar-refractivity contribution in [2.75, 3.05) is 0 Å². The van der Waals surface area contributed by atoms with Gasteiger partial charge in [0, 0.05) is 13.1 Å². The Morgan fingerprint density at radius 3 is 2.83 bits per heavy atom. The van der Waals surface area contributed by atoms with Gasteiger partial charge in [-0.15, -0.1) is 0 Å². The van der Waals surface area contributed by atoms with Crippen molar-refractivity contribution in [3.05, 3.63) is 54.5 Å². The van der Waals surface area contributed by atoms with Gasteiger partial charge in [0.25, 0.3) is 0 Å². The van der Waals surface area contributed by atoms with Crippen LogP contribution in [0.1, 0.15) is 5.56 Å². The molecule has 0 aliphatic heterocycles. The molecule has 0 fully saturated rings. The Morgan fingerprint density at radius 2 is 2.00 bits per heavy atom. The molecule has 0 saturated heterocycles. The van der Waals surface area contributed by atoms with E-state index in [0.717, 1.165) is 22.5 Å². The highest BCUT2D eigenvalue weighted by molar-refractivity contribution is 5.72. The topological polar surface area (TPSA) is 39.9 Å². The predicted molar refractivity (Wildman–Crippen MR) is 69.3 cm³/mol. The molecule has 90 valence electrons. The van der Waals surface area contributed by atoms with E-state index in [1.54, 1.807) is 12.5 Å². The Balaban J connectivity index is 1.80. The number of imidazole rings is 1. The number of benzene rings is 1. The lowest BCUT2D eigenvalue weighted by Gasteiger charge is -2.06. The molecule has 0 unspecified atom stereocenters. The van der Waals surface area contributed by atoms with Crippen LogP contribution in [-0.2, 0) is 13.7 Å². The summed E-state index contributed by atoms with van der Waals surface area (Å²) in [6.45, 7) is 0.547. The molecule has 3 rings (SSSR count). The lowest BCUT2D eigenvalue weighted by Crippen LogP contribution is -1.96. The Kier molecular flexibility index (Phi) is 2.68. The third kappa shape index (κ3) is 2.05. The molecule has 3 aromatic rings. The van der Waals surface area contributed by atoms with Crippen LogP contribution in [-0.4, -0.2) is 14.5 Å². The van der Waals surface area contributed by atoms with Crippen molar-refractivity contribution in [3.63, 3.8) is 0 Å². The first kappa shape index (κ1) is 10.8. The summed E-state index contributed by atoms with van der Waals surface area (Å²) in [5.74, 6) is 0.759. The summed E-state index contributed by atoms with van der Waals surface area (Å²) in [6, 6.07) is 12.0. The van der Waals surface area contributed by atoms with Crippen LogP contribution in [0.4, 0.5) is 0 Å². The minimum atomic E-state index is 0.547. The summed E-state index contributed by atoms with van der Waals surface area (Å²) in [7, 11) is 1.94. The minimum absolute atomic E-state index is 0.547. The zero-order chi connectivity index (χ0) is 12.4. The van der Waals surface area contributed by atoms with Crippen molar-refractivity contribution in [3.8, 4) is 5.75 Å². The Morgan fingerprint density at radius 1 is 1.17 bits per heavy atom. The van der Waals surface area contributed by atoms with Gasteiger partial charge in [0.1, 0.15) is 12.4 Å². The lowest BCUT2D eigenvalue weighted by molar-refractivity contribution is 0.305. The molecule has 0 radical (unpaired) electrons. The van der Waals surface area contributed by atoms with Gasteiger partial charge < -0.3 is 9.30 Å². The van der Waals surface area contributed by atoms with Crippen molar-refractivity contribution < 1.29 is 4.74 Å². The summed E-state index contributed by atoms with van der Waals surface area (Å²) < 4.78 is 7.65. The molecule has 0 N–H and O–H groups in total. The average Bonchev–Trinajstić information content (AvgIpc) is 2.79. The fraction of sp³-hybridized carbons (Fsp3) is 0.143. The van der Waals surface area contributed by atoms with Gasteiger partial charge in [-0.2, -0.15) is 0 Å². The van der Waals surface area contributed by atoms with E-state index >= 15 is 0 Å². The van der Waals surface area contributed by atoms with Crippen LogP contribution in [0, 0.1) is 0 Å². The van der Waals surface area contributed by atoms with Gasteiger partial charge in [-0.05, 0) is 5.56 Å². The van der Waals surface area contributed by atoms with Crippen LogP contribution >= 0.6 is 0 Å². The Hall–Kier alpha value is -2.36. The molecule has 1 aromatic carbocycles. The zero-order valence-corrected chi connectivity index (χ0v) is 10.1. The SMILES string of the molecule is Cn1cnc2ncc(OCc3ccccc3)cc21. The van der Waals surface area contributed by atoms with Crippen LogP contribution in [0.5, 0.6) is 5.75 Å². The van der Waals surface area contributed by atoms with Gasteiger partial charge in [0.2, 0.25) is 0 Å². The van der Waals surface area contributed by atoms with E-state index in [4.69, 9.17) is 4.74 Å². The molecule has 4 heteroatoms. The summed E-state index contributed by atoms with van der Waals surface area (Å²) in [5.41, 5.74) is 2.85. The number of rotatable bonds is 3. The highest BCUT2D eigenvalue weighted by Crippen LogP contribution is 2.17. The molecule has 0 spiro atoms. The Bertz CT molecular complexity index is 661. The molecule has 0 atom stereocenters. The second-order valence-corrected chi connectivity index (χ2v) is 4.14. The number of hydrogen-bond donors (Lipinski definition) is 0. The highest BCUT2D eigenvalue weighted by Gasteiger charge is 2.03. The van der Waals surface area contributed by atoms with Gasteiger partial charge >= 0.3 is 0 Å². The van der Waals surface area contributed by atoms with E-state index in [9.17, 15) is 0 Å². The van der Waals surface area contributed by atoms with E-state index in [0.29, 0.717) is 6.61 Å². The lowest BCUT2D eigenvalue weighted by atomic mass is 10.2. The molecular weight excluding hydrogens is 226 g/mol. The standard InChI is InChI=1S/C14H13N3O/c1-17-10-16-14-13(17)7-12(8-15-14)18-9-11-5-3-2-4-6-11/h2-8,10H,9H2,1H3. The average molecular weight is 239 g/mol. The van der Waals surface area contributed by atoms with Gasteiger partial charge in [0.15, 0.2) is 5.65 Å². The third-order valence-electron chi connectivity index (χ3n) is 2.80. The second-order valence-electron chi connectivity index (χ2n) is 4.14. The largest absolute Gasteiger partial charge is 0.487 e. The van der Waals surface area contributed by atoms with Gasteiger partial charge in [-0.3, -0.25) is 0 Å². The van der Waals surface area contributed by atoms with E-state index in [2.05, 4.69) is 9.97 Å². The number of fused-ring (bicyclic) bond motifs is 1. The summed E-state index contributed by atoms with van der Waals surface area (Å²) in [6.07, 6.45) is 3.46. The maximum Gasteiger partial charge on any atom is 0.177 e. The van der Waals surface area contributed by atoms with Crippen molar-refractivity contribution in [2.45, 2.75) is 6.61 Å². The number of aryl methyl sites for hydroxylation is 1.